The topological polar surface area (TPSA) is 147 Å². The number of hydrogen-bond acceptors (Lipinski definition) is 6. The maximum absolute atomic E-state index is 13.6. The number of urea groups is 1. The molecule has 12 nitrogen and oxygen atoms in total. The van der Waals surface area contributed by atoms with Gasteiger partial charge in [0.05, 0.1) is 23.0 Å². The minimum Gasteiger partial charge on any atom is -0.465 e. The van der Waals surface area contributed by atoms with Gasteiger partial charge in [0.25, 0.3) is 5.56 Å². The van der Waals surface area contributed by atoms with Crippen molar-refractivity contribution in [2.45, 2.75) is 58.0 Å². The number of halogens is 3. The van der Waals surface area contributed by atoms with Crippen LogP contribution in [0.4, 0.5) is 28.4 Å². The molecule has 2 aromatic carbocycles. The minimum absolute atomic E-state index is 0.0470. The number of fused-ring (bicyclic) bond motifs is 2. The molecule has 15 heteroatoms. The summed E-state index contributed by atoms with van der Waals surface area (Å²) in [5, 5.41) is 23.0. The van der Waals surface area contributed by atoms with E-state index in [4.69, 9.17) is 5.11 Å². The predicted octanol–water partition coefficient (Wildman–Crippen LogP) is 6.26. The van der Waals surface area contributed by atoms with Crippen LogP contribution in [-0.4, -0.2) is 59.4 Å². The summed E-state index contributed by atoms with van der Waals surface area (Å²) in [6.45, 7) is 0.279. The van der Waals surface area contributed by atoms with Crippen LogP contribution in [0.15, 0.2) is 78.0 Å². The first kappa shape index (κ1) is 33.2. The first-order valence-corrected chi connectivity index (χ1v) is 15.7. The third kappa shape index (κ3) is 7.88. The number of nitrogens with zero attached hydrogens (tertiary/aromatic N) is 6. The fourth-order valence-electron chi connectivity index (χ4n) is 5.89. The van der Waals surface area contributed by atoms with Gasteiger partial charge in [0.1, 0.15) is 6.54 Å². The fraction of sp³-hybridized carbons (Fsp3) is 0.294. The Morgan fingerprint density at radius 3 is 2.43 bits per heavy atom. The predicted molar refractivity (Wildman–Crippen MR) is 176 cm³/mol. The van der Waals surface area contributed by atoms with E-state index in [2.05, 4.69) is 25.8 Å². The van der Waals surface area contributed by atoms with Crippen molar-refractivity contribution >= 4 is 28.7 Å². The van der Waals surface area contributed by atoms with Crippen LogP contribution in [0, 0.1) is 0 Å². The number of aryl methyl sites for hydroxylation is 1. The van der Waals surface area contributed by atoms with Crippen molar-refractivity contribution < 1.29 is 27.9 Å². The molecule has 49 heavy (non-hydrogen) atoms. The molecule has 0 atom stereocenters. The zero-order chi connectivity index (χ0) is 34.5. The van der Waals surface area contributed by atoms with Gasteiger partial charge in [0.15, 0.2) is 0 Å². The van der Waals surface area contributed by atoms with Crippen molar-refractivity contribution in [2.24, 2.45) is 0 Å². The number of nitrogens with one attached hydrogen (secondary N) is 2. The van der Waals surface area contributed by atoms with E-state index in [0.717, 1.165) is 35.9 Å². The van der Waals surface area contributed by atoms with Crippen LogP contribution in [0.25, 0.3) is 33.3 Å². The molecule has 0 aliphatic carbocycles. The Bertz CT molecular complexity index is 2020. The number of carbonyl (C=O) groups excluding carboxylic acids is 1. The molecule has 1 aliphatic heterocycles. The highest BCUT2D eigenvalue weighted by Crippen LogP contribution is 2.30. The van der Waals surface area contributed by atoms with Gasteiger partial charge in [-0.2, -0.15) is 23.4 Å². The Morgan fingerprint density at radius 1 is 0.898 bits per heavy atom. The van der Waals surface area contributed by atoms with E-state index in [9.17, 15) is 27.6 Å². The van der Waals surface area contributed by atoms with Crippen LogP contribution >= 0.6 is 0 Å². The molecule has 6 rings (SSSR count). The average Bonchev–Trinajstić information content (AvgIpc) is 3.70. The highest BCUT2D eigenvalue weighted by Gasteiger charge is 2.30. The lowest BCUT2D eigenvalue weighted by Gasteiger charge is -2.17. The van der Waals surface area contributed by atoms with E-state index in [0.29, 0.717) is 59.5 Å². The second-order valence-electron chi connectivity index (χ2n) is 11.8. The van der Waals surface area contributed by atoms with Crippen molar-refractivity contribution in [3.05, 3.63) is 94.7 Å². The van der Waals surface area contributed by atoms with Gasteiger partial charge in [-0.1, -0.05) is 37.1 Å². The van der Waals surface area contributed by atoms with E-state index < -0.39 is 24.4 Å². The number of pyridine rings is 1. The van der Waals surface area contributed by atoms with E-state index >= 15 is 0 Å². The van der Waals surface area contributed by atoms with Crippen molar-refractivity contribution in [2.75, 3.05) is 11.9 Å². The SMILES string of the molecule is O=C(O)NCCCCCCn1ncc2c(-c3cc(-c4ccc(NC(=O)N5Cc6ccncc6C5)cc4)nn(CC(F)(F)F)c3=O)cccc21. The average molecular weight is 675 g/mol. The summed E-state index contributed by atoms with van der Waals surface area (Å²) in [5.74, 6) is 0. The number of aromatic nitrogens is 5. The van der Waals surface area contributed by atoms with Crippen LogP contribution in [0.2, 0.25) is 0 Å². The Hall–Kier alpha value is -5.73. The van der Waals surface area contributed by atoms with Gasteiger partial charge < -0.3 is 20.6 Å². The van der Waals surface area contributed by atoms with E-state index in [-0.39, 0.29) is 17.3 Å². The maximum atomic E-state index is 13.6. The lowest BCUT2D eigenvalue weighted by atomic mass is 10.0. The van der Waals surface area contributed by atoms with Crippen molar-refractivity contribution in [1.29, 1.82) is 0 Å². The monoisotopic (exact) mass is 674 g/mol. The Balaban J connectivity index is 1.23. The van der Waals surface area contributed by atoms with Gasteiger partial charge in [0, 0.05) is 55.2 Å². The molecule has 0 fully saturated rings. The molecule has 5 aromatic rings. The fourth-order valence-corrected chi connectivity index (χ4v) is 5.89. The Kier molecular flexibility index (Phi) is 9.60. The van der Waals surface area contributed by atoms with Gasteiger partial charge in [-0.05, 0) is 59.9 Å². The summed E-state index contributed by atoms with van der Waals surface area (Å²) in [6, 6.07) is 14.8. The largest absolute Gasteiger partial charge is 0.465 e. The molecule has 0 saturated carbocycles. The summed E-state index contributed by atoms with van der Waals surface area (Å²) in [7, 11) is 0. The van der Waals surface area contributed by atoms with Crippen LogP contribution < -0.4 is 16.2 Å². The number of rotatable bonds is 11. The molecule has 0 radical (unpaired) electrons. The van der Waals surface area contributed by atoms with Gasteiger partial charge in [-0.25, -0.2) is 14.3 Å². The maximum Gasteiger partial charge on any atom is 0.408 e. The molecule has 3 aromatic heterocycles. The molecule has 0 spiro atoms. The summed E-state index contributed by atoms with van der Waals surface area (Å²) < 4.78 is 43.0. The summed E-state index contributed by atoms with van der Waals surface area (Å²) >= 11 is 0. The van der Waals surface area contributed by atoms with Crippen LogP contribution in [0.3, 0.4) is 0 Å². The van der Waals surface area contributed by atoms with Gasteiger partial charge in [-0.15, -0.1) is 0 Å². The smallest absolute Gasteiger partial charge is 0.408 e. The van der Waals surface area contributed by atoms with E-state index in [1.54, 1.807) is 64.6 Å². The van der Waals surface area contributed by atoms with Crippen LogP contribution in [0.5, 0.6) is 0 Å². The highest BCUT2D eigenvalue weighted by atomic mass is 19.4. The molecular formula is C34H33F3N8O4. The number of anilines is 1. The summed E-state index contributed by atoms with van der Waals surface area (Å²) in [5.41, 5.74) is 3.41. The number of amides is 3. The van der Waals surface area contributed by atoms with Crippen molar-refractivity contribution in [1.82, 2.24) is 34.8 Å². The normalized spacial score (nSPS) is 12.7. The quantitative estimate of drug-likeness (QED) is 0.140. The molecule has 1 aliphatic rings. The molecule has 254 valence electrons. The highest BCUT2D eigenvalue weighted by molar-refractivity contribution is 5.95. The standard InChI is InChI=1S/C34H33F3N8O4/c35-34(36,37)21-45-31(46)27(26-6-5-7-30-28(26)18-40-44(30)15-4-2-1-3-13-39-33(48)49)16-29(42-45)22-8-10-25(11-9-22)41-32(47)43-19-23-12-14-38-17-24(23)20-43/h5-12,14,16-18,39H,1-4,13,15,19-21H2,(H,41,47)(H,48,49). The van der Waals surface area contributed by atoms with Crippen LogP contribution in [-0.2, 0) is 26.2 Å². The Labute approximate surface area is 278 Å². The van der Waals surface area contributed by atoms with Gasteiger partial charge >= 0.3 is 18.3 Å². The zero-order valence-electron chi connectivity index (χ0n) is 26.3. The molecule has 4 heterocycles. The lowest BCUT2D eigenvalue weighted by molar-refractivity contribution is -0.143. The number of hydrogen-bond donors (Lipinski definition) is 3. The van der Waals surface area contributed by atoms with E-state index in [1.165, 1.54) is 6.07 Å². The number of carbonyl (C=O) groups is 2. The lowest BCUT2D eigenvalue weighted by Crippen LogP contribution is -2.31. The first-order chi connectivity index (χ1) is 23.6. The second-order valence-corrected chi connectivity index (χ2v) is 11.8. The molecule has 3 N–H and O–H groups in total. The van der Waals surface area contributed by atoms with Gasteiger partial charge in [0.2, 0.25) is 0 Å². The summed E-state index contributed by atoms with van der Waals surface area (Å²) in [6.07, 6.45) is 2.47. The first-order valence-electron chi connectivity index (χ1n) is 15.7. The van der Waals surface area contributed by atoms with Crippen molar-refractivity contribution in [3.63, 3.8) is 0 Å². The third-order valence-electron chi connectivity index (χ3n) is 8.30. The third-order valence-corrected chi connectivity index (χ3v) is 8.30. The molecule has 3 amide bonds. The number of unbranched alkanes of at least 4 members (excludes halogenated alkanes) is 3. The number of benzene rings is 2. The van der Waals surface area contributed by atoms with Crippen LogP contribution in [0.1, 0.15) is 36.8 Å². The number of carboxylic acid groups (broad SMARTS) is 1. The molecule has 0 unspecified atom stereocenters. The molecule has 0 saturated heterocycles. The molecule has 0 bridgehead atoms. The van der Waals surface area contributed by atoms with Crippen molar-refractivity contribution in [3.8, 4) is 22.4 Å². The summed E-state index contributed by atoms with van der Waals surface area (Å²) in [4.78, 5) is 42.7. The second kappa shape index (κ2) is 14.2. The molecular weight excluding hydrogens is 641 g/mol. The van der Waals surface area contributed by atoms with Gasteiger partial charge in [-0.3, -0.25) is 14.5 Å². The Morgan fingerprint density at radius 2 is 1.67 bits per heavy atom. The zero-order valence-corrected chi connectivity index (χ0v) is 26.3. The number of alkyl halides is 3. The minimum atomic E-state index is -4.69. The van der Waals surface area contributed by atoms with E-state index in [1.807, 2.05) is 12.1 Å².